The molecule has 0 unspecified atom stereocenters. The van der Waals surface area contributed by atoms with Crippen molar-refractivity contribution < 1.29 is 13.0 Å². The lowest BCUT2D eigenvalue weighted by molar-refractivity contribution is 0.505. The molecule has 3 nitrogen and oxygen atoms in total. The average molecular weight is 290 g/mol. The van der Waals surface area contributed by atoms with Crippen molar-refractivity contribution >= 4 is 33.7 Å². The Hall–Kier alpha value is -1.08. The van der Waals surface area contributed by atoms with Crippen molar-refractivity contribution in [3.8, 4) is 0 Å². The maximum Gasteiger partial charge on any atom is 0.182 e. The lowest BCUT2D eigenvalue weighted by atomic mass is 10.1. The van der Waals surface area contributed by atoms with Gasteiger partial charge in [-0.05, 0) is 12.1 Å². The summed E-state index contributed by atoms with van der Waals surface area (Å²) in [5.41, 5.74) is 5.38. The Morgan fingerprint density at radius 1 is 1.28 bits per heavy atom. The lowest BCUT2D eigenvalue weighted by Crippen LogP contribution is -2.38. The highest BCUT2D eigenvalue weighted by Gasteiger charge is 2.22. The fourth-order valence-corrected chi connectivity index (χ4v) is 3.06. The van der Waals surface area contributed by atoms with Crippen LogP contribution in [0.15, 0.2) is 12.1 Å². The van der Waals surface area contributed by atoms with Crippen LogP contribution in [0, 0.1) is 11.6 Å². The predicted octanol–water partition coefficient (Wildman–Crippen LogP) is 1.17. The van der Waals surface area contributed by atoms with Gasteiger partial charge in [0.15, 0.2) is 11.6 Å². The Kier molecular flexibility index (Phi) is 3.91. The van der Waals surface area contributed by atoms with E-state index < -0.39 is 22.4 Å². The molecule has 0 saturated carbocycles. The molecule has 0 atom stereocenters. The second kappa shape index (κ2) is 5.27. The second-order valence-electron chi connectivity index (χ2n) is 3.96. The van der Waals surface area contributed by atoms with Crippen LogP contribution in [0.1, 0.15) is 5.56 Å². The first kappa shape index (κ1) is 13.4. The van der Waals surface area contributed by atoms with Gasteiger partial charge in [0, 0.05) is 41.0 Å². The molecule has 98 valence electrons. The van der Waals surface area contributed by atoms with Gasteiger partial charge in [0.2, 0.25) is 0 Å². The zero-order chi connectivity index (χ0) is 13.3. The van der Waals surface area contributed by atoms with E-state index in [0.717, 1.165) is 0 Å². The monoisotopic (exact) mass is 290 g/mol. The summed E-state index contributed by atoms with van der Waals surface area (Å²) in [6.45, 7) is 0.908. The molecular formula is C11H12F2N2OS2. The Labute approximate surface area is 111 Å². The Morgan fingerprint density at radius 2 is 1.89 bits per heavy atom. The van der Waals surface area contributed by atoms with E-state index >= 15 is 0 Å². The highest BCUT2D eigenvalue weighted by Crippen LogP contribution is 2.25. The summed E-state index contributed by atoms with van der Waals surface area (Å²) in [6, 6.07) is 2.84. The molecule has 0 radical (unpaired) electrons. The quantitative estimate of drug-likeness (QED) is 0.831. The SMILES string of the molecule is NC(=S)c1ccc(N2CCS(=O)CC2)c(F)c1F. The van der Waals surface area contributed by atoms with Crippen LogP contribution >= 0.6 is 12.2 Å². The Morgan fingerprint density at radius 3 is 2.44 bits per heavy atom. The van der Waals surface area contributed by atoms with Gasteiger partial charge in [-0.15, -0.1) is 0 Å². The van der Waals surface area contributed by atoms with Crippen LogP contribution in [0.5, 0.6) is 0 Å². The summed E-state index contributed by atoms with van der Waals surface area (Å²) in [6.07, 6.45) is 0. The molecule has 2 rings (SSSR count). The van der Waals surface area contributed by atoms with Crippen LogP contribution in [0.2, 0.25) is 0 Å². The van der Waals surface area contributed by atoms with E-state index in [2.05, 4.69) is 12.2 Å². The molecule has 0 aromatic heterocycles. The molecule has 0 aliphatic carbocycles. The maximum atomic E-state index is 13.9. The van der Waals surface area contributed by atoms with E-state index in [9.17, 15) is 13.0 Å². The van der Waals surface area contributed by atoms with Crippen LogP contribution in [0.4, 0.5) is 14.5 Å². The van der Waals surface area contributed by atoms with Crippen LogP contribution < -0.4 is 10.6 Å². The van der Waals surface area contributed by atoms with Crippen LogP contribution in [0.3, 0.4) is 0 Å². The van der Waals surface area contributed by atoms with Crippen molar-refractivity contribution in [3.05, 3.63) is 29.3 Å². The summed E-state index contributed by atoms with van der Waals surface area (Å²) in [5, 5.41) is 0. The molecule has 2 N–H and O–H groups in total. The van der Waals surface area contributed by atoms with Gasteiger partial charge in [0.1, 0.15) is 4.99 Å². The third-order valence-corrected chi connectivity index (χ3v) is 4.34. The van der Waals surface area contributed by atoms with E-state index in [1.165, 1.54) is 12.1 Å². The molecule has 18 heavy (non-hydrogen) atoms. The second-order valence-corrected chi connectivity index (χ2v) is 6.10. The third-order valence-electron chi connectivity index (χ3n) is 2.85. The van der Waals surface area contributed by atoms with Crippen molar-refractivity contribution in [2.75, 3.05) is 29.5 Å². The minimum Gasteiger partial charge on any atom is -0.389 e. The minimum atomic E-state index is -1.02. The van der Waals surface area contributed by atoms with Crippen molar-refractivity contribution in [1.29, 1.82) is 0 Å². The van der Waals surface area contributed by atoms with Crippen molar-refractivity contribution in [3.63, 3.8) is 0 Å². The minimum absolute atomic E-state index is 0.0909. The molecule has 1 aromatic carbocycles. The summed E-state index contributed by atoms with van der Waals surface area (Å²) < 4.78 is 38.8. The number of nitrogens with two attached hydrogens (primary N) is 1. The van der Waals surface area contributed by atoms with Gasteiger partial charge in [0.05, 0.1) is 5.69 Å². The normalized spacial score (nSPS) is 16.9. The molecule has 1 aromatic rings. The molecule has 1 heterocycles. The number of nitrogens with zero attached hydrogens (tertiary/aromatic N) is 1. The molecule has 1 saturated heterocycles. The standard InChI is InChI=1S/C11H12F2N2OS2/c12-9-7(11(14)17)1-2-8(10(9)13)15-3-5-18(16)6-4-15/h1-2H,3-6H2,(H2,14,17). The topological polar surface area (TPSA) is 46.3 Å². The number of rotatable bonds is 2. The Balaban J connectivity index is 2.32. The molecular weight excluding hydrogens is 278 g/mol. The van der Waals surface area contributed by atoms with Crippen molar-refractivity contribution in [1.82, 2.24) is 0 Å². The molecule has 0 amide bonds. The number of hydrogen-bond acceptors (Lipinski definition) is 3. The zero-order valence-electron chi connectivity index (χ0n) is 9.49. The van der Waals surface area contributed by atoms with Crippen LogP contribution in [0.25, 0.3) is 0 Å². The number of benzene rings is 1. The van der Waals surface area contributed by atoms with Gasteiger partial charge in [-0.25, -0.2) is 8.78 Å². The molecule has 7 heteroatoms. The first-order valence-electron chi connectivity index (χ1n) is 5.38. The van der Waals surface area contributed by atoms with E-state index in [1.807, 2.05) is 0 Å². The van der Waals surface area contributed by atoms with Crippen molar-refractivity contribution in [2.24, 2.45) is 5.73 Å². The first-order chi connectivity index (χ1) is 8.50. The zero-order valence-corrected chi connectivity index (χ0v) is 11.1. The summed E-state index contributed by atoms with van der Waals surface area (Å²) >= 11 is 4.64. The first-order valence-corrected chi connectivity index (χ1v) is 7.28. The Bertz CT molecular complexity index is 512. The fourth-order valence-electron chi connectivity index (χ4n) is 1.85. The molecule has 1 aliphatic rings. The summed E-state index contributed by atoms with van der Waals surface area (Å²) in [5.74, 6) is -1.03. The van der Waals surface area contributed by atoms with Crippen molar-refractivity contribution in [2.45, 2.75) is 0 Å². The summed E-state index contributed by atoms with van der Waals surface area (Å²) in [4.78, 5) is 1.51. The highest BCUT2D eigenvalue weighted by atomic mass is 32.2. The smallest absolute Gasteiger partial charge is 0.182 e. The summed E-state index contributed by atoms with van der Waals surface area (Å²) in [7, 11) is -0.857. The number of hydrogen-bond donors (Lipinski definition) is 1. The van der Waals surface area contributed by atoms with Gasteiger partial charge in [-0.3, -0.25) is 4.21 Å². The molecule has 0 bridgehead atoms. The van der Waals surface area contributed by atoms with E-state index in [4.69, 9.17) is 5.73 Å². The highest BCUT2D eigenvalue weighted by molar-refractivity contribution is 7.85. The van der Waals surface area contributed by atoms with E-state index in [-0.39, 0.29) is 16.2 Å². The number of thiocarbonyl (C=S) groups is 1. The van der Waals surface area contributed by atoms with E-state index in [1.54, 1.807) is 4.90 Å². The van der Waals surface area contributed by atoms with Gasteiger partial charge in [0.25, 0.3) is 0 Å². The average Bonchev–Trinajstić information content (AvgIpc) is 2.33. The van der Waals surface area contributed by atoms with Gasteiger partial charge >= 0.3 is 0 Å². The van der Waals surface area contributed by atoms with E-state index in [0.29, 0.717) is 24.6 Å². The van der Waals surface area contributed by atoms with Gasteiger partial charge in [-0.2, -0.15) is 0 Å². The van der Waals surface area contributed by atoms with Gasteiger partial charge < -0.3 is 10.6 Å². The van der Waals surface area contributed by atoms with Crippen LogP contribution in [-0.4, -0.2) is 33.8 Å². The third kappa shape index (κ3) is 2.51. The largest absolute Gasteiger partial charge is 0.389 e. The number of anilines is 1. The maximum absolute atomic E-state index is 13.9. The number of halogens is 2. The fraction of sp³-hybridized carbons (Fsp3) is 0.364. The lowest BCUT2D eigenvalue weighted by Gasteiger charge is -2.29. The van der Waals surface area contributed by atoms with Gasteiger partial charge in [-0.1, -0.05) is 12.2 Å². The predicted molar refractivity (Wildman–Crippen MR) is 72.3 cm³/mol. The molecule has 1 fully saturated rings. The molecule has 0 spiro atoms. The molecule has 1 aliphatic heterocycles. The van der Waals surface area contributed by atoms with Crippen LogP contribution in [-0.2, 0) is 10.8 Å².